The molecule has 3 amide bonds. The summed E-state index contributed by atoms with van der Waals surface area (Å²) in [6.07, 6.45) is 0.890. The number of ether oxygens (including phenoxy) is 1. The van der Waals surface area contributed by atoms with Gasteiger partial charge in [0.2, 0.25) is 0 Å². The number of hydrogen-bond donors (Lipinski definition) is 3. The van der Waals surface area contributed by atoms with Gasteiger partial charge in [-0.1, -0.05) is 59.1 Å². The minimum atomic E-state index is -1.13. The predicted molar refractivity (Wildman–Crippen MR) is 147 cm³/mol. The van der Waals surface area contributed by atoms with Crippen molar-refractivity contribution in [3.63, 3.8) is 0 Å². The molecule has 7 nitrogen and oxygen atoms in total. The summed E-state index contributed by atoms with van der Waals surface area (Å²) in [4.78, 5) is 39.1. The molecule has 1 heterocycles. The van der Waals surface area contributed by atoms with Crippen LogP contribution >= 0.6 is 46.6 Å². The van der Waals surface area contributed by atoms with Gasteiger partial charge in [0.15, 0.2) is 0 Å². The molecule has 1 saturated heterocycles. The highest BCUT2D eigenvalue weighted by Gasteiger charge is 2.42. The summed E-state index contributed by atoms with van der Waals surface area (Å²) in [5.41, 5.74) is -0.516. The largest absolute Gasteiger partial charge is 0.467 e. The third-order valence-electron chi connectivity index (χ3n) is 5.90. The number of nitrogens with one attached hydrogen (secondary N) is 3. The molecule has 1 aliphatic rings. The summed E-state index contributed by atoms with van der Waals surface area (Å²) in [5, 5.41) is 10.5. The zero-order valence-electron chi connectivity index (χ0n) is 19.1. The quantitative estimate of drug-likeness (QED) is 0.302. The molecule has 0 radical (unpaired) electrons. The van der Waals surface area contributed by atoms with Crippen LogP contribution in [-0.4, -0.2) is 42.1 Å². The molecular weight excluding hydrogens is 545 g/mol. The second kappa shape index (κ2) is 11.2. The van der Waals surface area contributed by atoms with Crippen molar-refractivity contribution in [2.75, 3.05) is 29.2 Å². The van der Waals surface area contributed by atoms with E-state index in [1.54, 1.807) is 23.9 Å². The van der Waals surface area contributed by atoms with E-state index in [-0.39, 0.29) is 27.0 Å². The van der Waals surface area contributed by atoms with Crippen LogP contribution in [-0.2, 0) is 9.53 Å². The second-order valence-electron chi connectivity index (χ2n) is 8.21. The highest BCUT2D eigenvalue weighted by atomic mass is 35.5. The van der Waals surface area contributed by atoms with E-state index in [0.717, 1.165) is 10.8 Å². The van der Waals surface area contributed by atoms with Gasteiger partial charge in [-0.05, 0) is 59.4 Å². The number of thioether (sulfide) groups is 1. The minimum absolute atomic E-state index is 0.161. The van der Waals surface area contributed by atoms with Crippen LogP contribution in [0.25, 0.3) is 10.8 Å². The van der Waals surface area contributed by atoms with Crippen LogP contribution in [0.3, 0.4) is 0 Å². The van der Waals surface area contributed by atoms with Gasteiger partial charge in [0, 0.05) is 5.02 Å². The van der Waals surface area contributed by atoms with Crippen molar-refractivity contribution in [2.24, 2.45) is 0 Å². The predicted octanol–water partition coefficient (Wildman–Crippen LogP) is 6.61. The molecule has 0 saturated carbocycles. The Balaban J connectivity index is 1.67. The summed E-state index contributed by atoms with van der Waals surface area (Å²) in [5.74, 6) is 0.430. The molecule has 0 atom stereocenters. The lowest BCUT2D eigenvalue weighted by atomic mass is 9.91. The van der Waals surface area contributed by atoms with Gasteiger partial charge in [-0.25, -0.2) is 9.59 Å². The van der Waals surface area contributed by atoms with Crippen molar-refractivity contribution >= 4 is 86.6 Å². The van der Waals surface area contributed by atoms with E-state index in [9.17, 15) is 14.4 Å². The van der Waals surface area contributed by atoms with Crippen LogP contribution in [0.2, 0.25) is 15.1 Å². The van der Waals surface area contributed by atoms with Crippen LogP contribution < -0.4 is 16.0 Å². The summed E-state index contributed by atoms with van der Waals surface area (Å²) in [7, 11) is 1.30. The lowest BCUT2D eigenvalue weighted by Gasteiger charge is -2.35. The van der Waals surface area contributed by atoms with E-state index < -0.39 is 23.4 Å². The van der Waals surface area contributed by atoms with Gasteiger partial charge in [0.05, 0.1) is 34.1 Å². The van der Waals surface area contributed by atoms with Gasteiger partial charge in [-0.15, -0.1) is 0 Å². The maximum atomic E-state index is 13.5. The molecule has 3 aromatic carbocycles. The molecule has 0 aromatic heterocycles. The average molecular weight is 567 g/mol. The maximum absolute atomic E-state index is 13.5. The van der Waals surface area contributed by atoms with Gasteiger partial charge < -0.3 is 20.7 Å². The van der Waals surface area contributed by atoms with E-state index in [1.807, 2.05) is 24.3 Å². The first kappa shape index (κ1) is 26.4. The van der Waals surface area contributed by atoms with Crippen LogP contribution in [0.15, 0.2) is 48.5 Å². The minimum Gasteiger partial charge on any atom is -0.467 e. The number of benzene rings is 3. The molecule has 0 spiro atoms. The first-order valence-corrected chi connectivity index (χ1v) is 13.3. The van der Waals surface area contributed by atoms with Crippen molar-refractivity contribution in [3.05, 3.63) is 69.2 Å². The molecular formula is C25H22Cl3N3O4S. The Bertz CT molecular complexity index is 1320. The highest BCUT2D eigenvalue weighted by Crippen LogP contribution is 2.34. The summed E-state index contributed by atoms with van der Waals surface area (Å²) in [6.45, 7) is 0. The van der Waals surface area contributed by atoms with Crippen molar-refractivity contribution in [3.8, 4) is 0 Å². The Morgan fingerprint density at radius 3 is 2.14 bits per heavy atom. The molecule has 0 unspecified atom stereocenters. The number of halogens is 3. The van der Waals surface area contributed by atoms with Gasteiger partial charge >= 0.3 is 12.0 Å². The number of anilines is 2. The van der Waals surface area contributed by atoms with E-state index in [1.165, 1.54) is 19.2 Å². The number of urea groups is 1. The van der Waals surface area contributed by atoms with Crippen LogP contribution in [0.1, 0.15) is 23.2 Å². The molecule has 36 heavy (non-hydrogen) atoms. The van der Waals surface area contributed by atoms with Crippen LogP contribution in [0.5, 0.6) is 0 Å². The summed E-state index contributed by atoms with van der Waals surface area (Å²) < 4.78 is 5.01. The number of rotatable bonds is 5. The van der Waals surface area contributed by atoms with E-state index in [4.69, 9.17) is 39.5 Å². The van der Waals surface area contributed by atoms with Crippen LogP contribution in [0.4, 0.5) is 16.2 Å². The fraction of sp³-hybridized carbons (Fsp3) is 0.240. The average Bonchev–Trinajstić information content (AvgIpc) is 2.85. The monoisotopic (exact) mass is 565 g/mol. The number of methoxy groups -OCH3 is 1. The third-order valence-corrected chi connectivity index (χ3v) is 7.70. The van der Waals surface area contributed by atoms with Crippen molar-refractivity contribution in [2.45, 2.75) is 18.4 Å². The fourth-order valence-corrected chi connectivity index (χ4v) is 6.14. The van der Waals surface area contributed by atoms with E-state index in [0.29, 0.717) is 29.4 Å². The molecule has 3 aromatic rings. The SMILES string of the molecule is COC(=O)C1(NC(=O)c2cc3ccccc3cc2NC(=O)Nc2c(Cl)cc(Cl)cc2Cl)CCSCC1. The topological polar surface area (TPSA) is 96.5 Å². The number of carbonyl (C=O) groups excluding carboxylic acids is 3. The van der Waals surface area contributed by atoms with Crippen molar-refractivity contribution in [1.29, 1.82) is 0 Å². The molecule has 4 rings (SSSR count). The molecule has 1 fully saturated rings. The second-order valence-corrected chi connectivity index (χ2v) is 10.7. The lowest BCUT2D eigenvalue weighted by Crippen LogP contribution is -2.57. The number of esters is 1. The Morgan fingerprint density at radius 1 is 0.917 bits per heavy atom. The zero-order valence-corrected chi connectivity index (χ0v) is 22.2. The van der Waals surface area contributed by atoms with Crippen molar-refractivity contribution in [1.82, 2.24) is 5.32 Å². The van der Waals surface area contributed by atoms with E-state index in [2.05, 4.69) is 16.0 Å². The molecule has 1 aliphatic heterocycles. The lowest BCUT2D eigenvalue weighted by molar-refractivity contribution is -0.148. The Kier molecular flexibility index (Phi) is 8.20. The number of hydrogen-bond acceptors (Lipinski definition) is 5. The molecule has 0 bridgehead atoms. The Morgan fingerprint density at radius 2 is 1.53 bits per heavy atom. The smallest absolute Gasteiger partial charge is 0.331 e. The zero-order chi connectivity index (χ0) is 25.9. The first-order valence-electron chi connectivity index (χ1n) is 11.0. The normalized spacial score (nSPS) is 14.7. The number of fused-ring (bicyclic) bond motifs is 1. The van der Waals surface area contributed by atoms with Gasteiger partial charge in [-0.3, -0.25) is 4.79 Å². The number of amides is 3. The highest BCUT2D eigenvalue weighted by molar-refractivity contribution is 7.99. The standard InChI is InChI=1S/C25H22Cl3N3O4S/c1-35-23(33)25(6-8-36-9-7-25)31-22(32)17-10-14-4-2-3-5-15(14)11-20(17)29-24(34)30-21-18(27)12-16(26)13-19(21)28/h2-5,10-13H,6-9H2,1H3,(H,31,32)(H2,29,30,34). The fourth-order valence-electron chi connectivity index (χ4n) is 4.04. The van der Waals surface area contributed by atoms with Crippen LogP contribution in [0, 0.1) is 0 Å². The summed E-state index contributed by atoms with van der Waals surface area (Å²) >= 11 is 20.0. The molecule has 11 heteroatoms. The van der Waals surface area contributed by atoms with E-state index >= 15 is 0 Å². The van der Waals surface area contributed by atoms with Crippen molar-refractivity contribution < 1.29 is 19.1 Å². The number of carbonyl (C=O) groups is 3. The first-order chi connectivity index (χ1) is 17.2. The maximum Gasteiger partial charge on any atom is 0.331 e. The molecule has 0 aliphatic carbocycles. The molecule has 3 N–H and O–H groups in total. The van der Waals surface area contributed by atoms with Gasteiger partial charge in [0.1, 0.15) is 5.54 Å². The molecule has 188 valence electrons. The van der Waals surface area contributed by atoms with Gasteiger partial charge in [-0.2, -0.15) is 11.8 Å². The Labute approximate surface area is 227 Å². The Hall–Kier alpha value is -2.65. The summed E-state index contributed by atoms with van der Waals surface area (Å²) in [6, 6.07) is 13.0. The van der Waals surface area contributed by atoms with Gasteiger partial charge in [0.25, 0.3) is 5.91 Å². The third kappa shape index (κ3) is 5.67.